The van der Waals surface area contributed by atoms with Crippen LogP contribution in [0, 0.1) is 5.82 Å². The van der Waals surface area contributed by atoms with Gasteiger partial charge in [-0.05, 0) is 41.5 Å². The molecular weight excluding hydrogens is 465 g/mol. The van der Waals surface area contributed by atoms with Gasteiger partial charge >= 0.3 is 0 Å². The molecule has 154 valence electrons. The normalized spacial score (nSPS) is 12.7. The van der Waals surface area contributed by atoms with Crippen LogP contribution in [-0.2, 0) is 27.2 Å². The maximum atomic E-state index is 13.1. The summed E-state index contributed by atoms with van der Waals surface area (Å²) in [4.78, 5) is 36.2. The highest BCUT2D eigenvalue weighted by Crippen LogP contribution is 2.22. The van der Waals surface area contributed by atoms with E-state index in [0.29, 0.717) is 20.6 Å². The predicted molar refractivity (Wildman–Crippen MR) is 112 cm³/mol. The average molecular weight is 485 g/mol. The van der Waals surface area contributed by atoms with Crippen molar-refractivity contribution >= 4 is 45.3 Å². The van der Waals surface area contributed by atoms with E-state index in [1.54, 1.807) is 18.2 Å². The summed E-state index contributed by atoms with van der Waals surface area (Å²) in [5, 5.41) is 5.60. The molecular formula is C20H20BrClFN3O3. The molecule has 0 spiro atoms. The Morgan fingerprint density at radius 2 is 1.72 bits per heavy atom. The minimum absolute atomic E-state index is 0.117. The molecule has 2 aromatic rings. The summed E-state index contributed by atoms with van der Waals surface area (Å²) in [5.74, 6) is -2.13. The van der Waals surface area contributed by atoms with E-state index < -0.39 is 35.6 Å². The minimum Gasteiger partial charge on any atom is -0.368 e. The molecule has 0 aliphatic carbocycles. The van der Waals surface area contributed by atoms with Gasteiger partial charge in [-0.15, -0.1) is 0 Å². The number of nitrogens with two attached hydrogens (primary N) is 1. The van der Waals surface area contributed by atoms with Crippen molar-refractivity contribution in [2.75, 3.05) is 0 Å². The molecule has 0 unspecified atom stereocenters. The highest BCUT2D eigenvalue weighted by atomic mass is 79.9. The van der Waals surface area contributed by atoms with Crippen LogP contribution in [0.25, 0.3) is 0 Å². The van der Waals surface area contributed by atoms with Crippen LogP contribution in [-0.4, -0.2) is 29.8 Å². The molecule has 2 atom stereocenters. The van der Waals surface area contributed by atoms with Crippen LogP contribution in [0.2, 0.25) is 5.02 Å². The van der Waals surface area contributed by atoms with E-state index in [1.165, 1.54) is 31.2 Å². The fourth-order valence-electron chi connectivity index (χ4n) is 2.73. The summed E-state index contributed by atoms with van der Waals surface area (Å²) in [5.41, 5.74) is 6.80. The van der Waals surface area contributed by atoms with E-state index in [0.717, 1.165) is 0 Å². The number of hydrogen-bond donors (Lipinski definition) is 3. The number of primary amides is 1. The van der Waals surface area contributed by atoms with Crippen LogP contribution >= 0.6 is 27.5 Å². The first kappa shape index (κ1) is 22.8. The molecule has 9 heteroatoms. The maximum absolute atomic E-state index is 13.1. The van der Waals surface area contributed by atoms with Crippen molar-refractivity contribution in [1.29, 1.82) is 0 Å². The van der Waals surface area contributed by atoms with Crippen molar-refractivity contribution < 1.29 is 18.8 Å². The molecule has 0 aromatic heterocycles. The molecule has 0 heterocycles. The van der Waals surface area contributed by atoms with E-state index in [9.17, 15) is 18.8 Å². The summed E-state index contributed by atoms with van der Waals surface area (Å²) in [6, 6.07) is 8.68. The second kappa shape index (κ2) is 10.4. The fraction of sp³-hybridized carbons (Fsp3) is 0.250. The first-order chi connectivity index (χ1) is 13.7. The predicted octanol–water partition coefficient (Wildman–Crippen LogP) is 2.50. The van der Waals surface area contributed by atoms with E-state index >= 15 is 0 Å². The second-order valence-electron chi connectivity index (χ2n) is 6.49. The Morgan fingerprint density at radius 3 is 2.31 bits per heavy atom. The monoisotopic (exact) mass is 483 g/mol. The lowest BCUT2D eigenvalue weighted by molar-refractivity contribution is -0.130. The van der Waals surface area contributed by atoms with Gasteiger partial charge in [-0.3, -0.25) is 14.4 Å². The lowest BCUT2D eigenvalue weighted by Gasteiger charge is -2.22. The Kier molecular flexibility index (Phi) is 8.16. The van der Waals surface area contributed by atoms with Gasteiger partial charge in [0.2, 0.25) is 17.7 Å². The highest BCUT2D eigenvalue weighted by Gasteiger charge is 2.26. The summed E-state index contributed by atoms with van der Waals surface area (Å²) in [6.07, 6.45) is 0.240. The Hall–Kier alpha value is -2.45. The quantitative estimate of drug-likeness (QED) is 0.536. The van der Waals surface area contributed by atoms with E-state index in [4.69, 9.17) is 17.3 Å². The first-order valence-electron chi connectivity index (χ1n) is 8.71. The number of carbonyl (C=O) groups excluding carboxylic acids is 3. The van der Waals surface area contributed by atoms with Gasteiger partial charge in [0.15, 0.2) is 0 Å². The number of benzene rings is 2. The molecule has 0 aliphatic rings. The van der Waals surface area contributed by atoms with Crippen LogP contribution in [0.4, 0.5) is 4.39 Å². The molecule has 0 fully saturated rings. The molecule has 4 N–H and O–H groups in total. The Bertz CT molecular complexity index is 908. The highest BCUT2D eigenvalue weighted by molar-refractivity contribution is 9.10. The lowest BCUT2D eigenvalue weighted by atomic mass is 10.0. The van der Waals surface area contributed by atoms with E-state index in [-0.39, 0.29) is 12.8 Å². The number of hydrogen-bond acceptors (Lipinski definition) is 3. The maximum Gasteiger partial charge on any atom is 0.243 e. The van der Waals surface area contributed by atoms with Crippen molar-refractivity contribution in [3.8, 4) is 0 Å². The third-order valence-corrected chi connectivity index (χ3v) is 5.15. The van der Waals surface area contributed by atoms with E-state index in [2.05, 4.69) is 26.6 Å². The molecule has 0 bridgehead atoms. The van der Waals surface area contributed by atoms with Gasteiger partial charge in [0.05, 0.1) is 0 Å². The largest absolute Gasteiger partial charge is 0.368 e. The van der Waals surface area contributed by atoms with Gasteiger partial charge in [0, 0.05) is 29.3 Å². The number of halogens is 3. The van der Waals surface area contributed by atoms with Gasteiger partial charge in [0.1, 0.15) is 17.9 Å². The van der Waals surface area contributed by atoms with E-state index in [1.807, 2.05) is 0 Å². The minimum atomic E-state index is -1.01. The topological polar surface area (TPSA) is 101 Å². The Labute approximate surface area is 181 Å². The molecule has 0 saturated carbocycles. The lowest BCUT2D eigenvalue weighted by Crippen LogP contribution is -2.54. The van der Waals surface area contributed by atoms with Crippen LogP contribution in [0.1, 0.15) is 18.1 Å². The van der Waals surface area contributed by atoms with Crippen LogP contribution in [0.5, 0.6) is 0 Å². The summed E-state index contributed by atoms with van der Waals surface area (Å²) in [6.45, 7) is 1.28. The van der Waals surface area contributed by atoms with Gasteiger partial charge in [-0.2, -0.15) is 0 Å². The Balaban J connectivity index is 2.16. The molecule has 3 amide bonds. The number of rotatable bonds is 8. The second-order valence-corrected chi connectivity index (χ2v) is 7.78. The van der Waals surface area contributed by atoms with Crippen molar-refractivity contribution in [3.05, 3.63) is 68.9 Å². The summed E-state index contributed by atoms with van der Waals surface area (Å²) < 4.78 is 13.8. The third-order valence-electron chi connectivity index (χ3n) is 4.14. The van der Waals surface area contributed by atoms with Gasteiger partial charge in [-0.25, -0.2) is 4.39 Å². The molecule has 2 rings (SSSR count). The summed E-state index contributed by atoms with van der Waals surface area (Å²) >= 11 is 9.37. The fourth-order valence-corrected chi connectivity index (χ4v) is 3.33. The molecule has 0 radical (unpaired) electrons. The van der Waals surface area contributed by atoms with Crippen molar-refractivity contribution in [3.63, 3.8) is 0 Å². The first-order valence-corrected chi connectivity index (χ1v) is 9.88. The van der Waals surface area contributed by atoms with Crippen LogP contribution < -0.4 is 16.4 Å². The molecule has 29 heavy (non-hydrogen) atoms. The SMILES string of the molecule is CC(=O)N[C@@H](Cc1ccc(F)cc1)C(=O)N[C@H](Cc1cc(Cl)ccc1Br)C(N)=O. The zero-order chi connectivity index (χ0) is 21.6. The third kappa shape index (κ3) is 7.14. The van der Waals surface area contributed by atoms with Gasteiger partial charge < -0.3 is 16.4 Å². The zero-order valence-corrected chi connectivity index (χ0v) is 17.9. The summed E-state index contributed by atoms with van der Waals surface area (Å²) in [7, 11) is 0. The zero-order valence-electron chi connectivity index (χ0n) is 15.5. The van der Waals surface area contributed by atoms with Gasteiger partial charge in [0.25, 0.3) is 0 Å². The van der Waals surface area contributed by atoms with Gasteiger partial charge in [-0.1, -0.05) is 39.7 Å². The van der Waals surface area contributed by atoms with Crippen molar-refractivity contribution in [2.24, 2.45) is 5.73 Å². The molecule has 0 aliphatic heterocycles. The number of nitrogens with one attached hydrogen (secondary N) is 2. The van der Waals surface area contributed by atoms with Crippen LogP contribution in [0.3, 0.4) is 0 Å². The standard InChI is InChI=1S/C20H20BrClFN3O3/c1-11(27)25-18(8-12-2-5-15(23)6-3-12)20(29)26-17(19(24)28)10-13-9-14(22)4-7-16(13)21/h2-7,9,17-18H,8,10H2,1H3,(H2,24,28)(H,25,27)(H,26,29)/t17-,18+/m1/s1. The number of amides is 3. The van der Waals surface area contributed by atoms with Crippen molar-refractivity contribution in [1.82, 2.24) is 10.6 Å². The molecule has 0 saturated heterocycles. The molecule has 2 aromatic carbocycles. The average Bonchev–Trinajstić information content (AvgIpc) is 2.64. The van der Waals surface area contributed by atoms with Crippen LogP contribution in [0.15, 0.2) is 46.9 Å². The number of carbonyl (C=O) groups is 3. The molecule has 6 nitrogen and oxygen atoms in total. The van der Waals surface area contributed by atoms with Crippen molar-refractivity contribution in [2.45, 2.75) is 31.8 Å². The smallest absolute Gasteiger partial charge is 0.243 e. The Morgan fingerprint density at radius 1 is 1.07 bits per heavy atom.